The van der Waals surface area contributed by atoms with Gasteiger partial charge in [-0.1, -0.05) is 37.5 Å². The normalized spacial score (nSPS) is 25.8. The van der Waals surface area contributed by atoms with Crippen LogP contribution in [0.25, 0.3) is 0 Å². The number of hydrogen-bond acceptors (Lipinski definition) is 2. The second kappa shape index (κ2) is 3.91. The van der Waals surface area contributed by atoms with Crippen LogP contribution in [0.3, 0.4) is 0 Å². The summed E-state index contributed by atoms with van der Waals surface area (Å²) in [6.45, 7) is 6.97. The van der Waals surface area contributed by atoms with E-state index in [-0.39, 0.29) is 12.2 Å². The Kier molecular flexibility index (Phi) is 2.76. The predicted octanol–water partition coefficient (Wildman–Crippen LogP) is 2.96. The molecule has 1 fully saturated rings. The smallest absolute Gasteiger partial charge is 0.115 e. The fourth-order valence-corrected chi connectivity index (χ4v) is 2.23. The third-order valence-corrected chi connectivity index (χ3v) is 3.52. The van der Waals surface area contributed by atoms with Gasteiger partial charge in [0.2, 0.25) is 0 Å². The molecular weight excluding hydrogens is 202 g/mol. The summed E-state index contributed by atoms with van der Waals surface area (Å²) in [5.74, 6) is 0. The molecule has 1 aromatic rings. The van der Waals surface area contributed by atoms with Crippen molar-refractivity contribution in [3.05, 3.63) is 41.9 Å². The standard InChI is InChI=1S/C12H17NOSi/c1-15(2,3)8-6-11-12(14-11)10-5-4-7-13-9-10/h4-9,11-12H,1-3H3/b8-6+/t11-,12-/m0/s1. The summed E-state index contributed by atoms with van der Waals surface area (Å²) >= 11 is 0. The minimum atomic E-state index is -1.09. The summed E-state index contributed by atoms with van der Waals surface area (Å²) in [7, 11) is -1.09. The first-order valence-electron chi connectivity index (χ1n) is 5.31. The third-order valence-electron chi connectivity index (χ3n) is 2.32. The van der Waals surface area contributed by atoms with Gasteiger partial charge in [-0.3, -0.25) is 4.98 Å². The number of aromatic nitrogens is 1. The number of nitrogens with zero attached hydrogens (tertiary/aromatic N) is 1. The van der Waals surface area contributed by atoms with Crippen LogP contribution in [0, 0.1) is 0 Å². The van der Waals surface area contributed by atoms with Crippen molar-refractivity contribution in [3.8, 4) is 0 Å². The second-order valence-corrected chi connectivity index (χ2v) is 10.1. The first kappa shape index (κ1) is 10.6. The summed E-state index contributed by atoms with van der Waals surface area (Å²) < 4.78 is 5.59. The molecule has 0 aromatic carbocycles. The summed E-state index contributed by atoms with van der Waals surface area (Å²) in [4.78, 5) is 4.09. The topological polar surface area (TPSA) is 25.4 Å². The van der Waals surface area contributed by atoms with Crippen molar-refractivity contribution >= 4 is 8.07 Å². The lowest BCUT2D eigenvalue weighted by atomic mass is 10.2. The van der Waals surface area contributed by atoms with E-state index >= 15 is 0 Å². The van der Waals surface area contributed by atoms with Gasteiger partial charge in [0.15, 0.2) is 0 Å². The van der Waals surface area contributed by atoms with E-state index in [0.717, 1.165) is 0 Å². The molecule has 0 aliphatic carbocycles. The van der Waals surface area contributed by atoms with E-state index in [9.17, 15) is 0 Å². The highest BCUT2D eigenvalue weighted by Crippen LogP contribution is 2.39. The summed E-state index contributed by atoms with van der Waals surface area (Å²) in [5.41, 5.74) is 3.52. The molecule has 0 unspecified atom stereocenters. The van der Waals surface area contributed by atoms with E-state index in [1.807, 2.05) is 12.3 Å². The molecule has 1 aliphatic heterocycles. The molecule has 2 rings (SSSR count). The van der Waals surface area contributed by atoms with E-state index in [2.05, 4.69) is 42.5 Å². The Morgan fingerprint density at radius 1 is 1.40 bits per heavy atom. The van der Waals surface area contributed by atoms with Crippen molar-refractivity contribution in [1.82, 2.24) is 4.98 Å². The fourth-order valence-electron chi connectivity index (χ4n) is 1.47. The van der Waals surface area contributed by atoms with E-state index in [0.29, 0.717) is 0 Å². The maximum absolute atomic E-state index is 5.59. The number of rotatable bonds is 3. The van der Waals surface area contributed by atoms with Gasteiger partial charge in [-0.2, -0.15) is 0 Å². The SMILES string of the molecule is C[Si](C)(C)/C=C/[C@@H]1O[C@H]1c1cccnc1. The molecule has 15 heavy (non-hydrogen) atoms. The molecule has 0 radical (unpaired) electrons. The van der Waals surface area contributed by atoms with E-state index in [1.54, 1.807) is 6.20 Å². The molecule has 0 bridgehead atoms. The van der Waals surface area contributed by atoms with Gasteiger partial charge in [0.1, 0.15) is 12.2 Å². The Labute approximate surface area is 92.0 Å². The van der Waals surface area contributed by atoms with Crippen LogP contribution in [0.15, 0.2) is 36.3 Å². The zero-order valence-corrected chi connectivity index (χ0v) is 10.5. The number of hydrogen-bond donors (Lipinski definition) is 0. The molecular formula is C12H17NOSi. The molecule has 2 atom stereocenters. The van der Waals surface area contributed by atoms with Gasteiger partial charge in [-0.05, 0) is 6.07 Å². The lowest BCUT2D eigenvalue weighted by molar-refractivity contribution is 0.393. The van der Waals surface area contributed by atoms with Gasteiger partial charge >= 0.3 is 0 Å². The highest BCUT2D eigenvalue weighted by Gasteiger charge is 2.38. The number of pyridine rings is 1. The highest BCUT2D eigenvalue weighted by molar-refractivity contribution is 6.80. The zero-order chi connectivity index (χ0) is 10.9. The predicted molar refractivity (Wildman–Crippen MR) is 64.3 cm³/mol. The van der Waals surface area contributed by atoms with Gasteiger partial charge < -0.3 is 4.74 Å². The molecule has 80 valence electrons. The van der Waals surface area contributed by atoms with E-state index in [1.165, 1.54) is 5.56 Å². The molecule has 2 nitrogen and oxygen atoms in total. The first-order chi connectivity index (χ1) is 7.06. The maximum Gasteiger partial charge on any atom is 0.115 e. The minimum Gasteiger partial charge on any atom is -0.360 e. The van der Waals surface area contributed by atoms with Gasteiger partial charge in [0.25, 0.3) is 0 Å². The van der Waals surface area contributed by atoms with Crippen molar-refractivity contribution in [2.45, 2.75) is 31.8 Å². The fraction of sp³-hybridized carbons (Fsp3) is 0.417. The van der Waals surface area contributed by atoms with Crippen molar-refractivity contribution in [2.24, 2.45) is 0 Å². The molecule has 1 aromatic heterocycles. The molecule has 0 amide bonds. The molecule has 1 aliphatic rings. The highest BCUT2D eigenvalue weighted by atomic mass is 28.3. The average Bonchev–Trinajstić information content (AvgIpc) is 2.94. The van der Waals surface area contributed by atoms with Gasteiger partial charge in [-0.25, -0.2) is 0 Å². The minimum absolute atomic E-state index is 0.242. The lowest BCUT2D eigenvalue weighted by Crippen LogP contribution is -2.15. The van der Waals surface area contributed by atoms with Crippen LogP contribution in [-0.2, 0) is 4.74 Å². The molecule has 0 saturated carbocycles. The van der Waals surface area contributed by atoms with Crippen LogP contribution in [0.1, 0.15) is 11.7 Å². The Hall–Kier alpha value is -0.933. The van der Waals surface area contributed by atoms with Crippen molar-refractivity contribution in [1.29, 1.82) is 0 Å². The Morgan fingerprint density at radius 2 is 2.20 bits per heavy atom. The van der Waals surface area contributed by atoms with Crippen molar-refractivity contribution in [3.63, 3.8) is 0 Å². The average molecular weight is 219 g/mol. The van der Waals surface area contributed by atoms with Crippen LogP contribution >= 0.6 is 0 Å². The number of epoxide rings is 1. The molecule has 2 heterocycles. The largest absolute Gasteiger partial charge is 0.360 e. The van der Waals surface area contributed by atoms with Gasteiger partial charge in [-0.15, -0.1) is 0 Å². The third kappa shape index (κ3) is 3.01. The maximum atomic E-state index is 5.59. The zero-order valence-electron chi connectivity index (χ0n) is 9.47. The summed E-state index contributed by atoms with van der Waals surface area (Å²) in [6, 6.07) is 4.02. The Bertz CT molecular complexity index is 356. The van der Waals surface area contributed by atoms with E-state index in [4.69, 9.17) is 4.74 Å². The Morgan fingerprint density at radius 3 is 2.80 bits per heavy atom. The molecule has 0 N–H and O–H groups in total. The summed E-state index contributed by atoms with van der Waals surface area (Å²) in [6.07, 6.45) is 6.41. The van der Waals surface area contributed by atoms with Crippen LogP contribution < -0.4 is 0 Å². The molecule has 1 saturated heterocycles. The molecule has 0 spiro atoms. The van der Waals surface area contributed by atoms with Crippen molar-refractivity contribution in [2.75, 3.05) is 0 Å². The second-order valence-electron chi connectivity index (χ2n) is 5.03. The van der Waals surface area contributed by atoms with Crippen LogP contribution in [0.2, 0.25) is 19.6 Å². The summed E-state index contributed by atoms with van der Waals surface area (Å²) in [5, 5.41) is 0. The van der Waals surface area contributed by atoms with Crippen LogP contribution in [-0.4, -0.2) is 19.2 Å². The van der Waals surface area contributed by atoms with Gasteiger partial charge in [0.05, 0.1) is 8.07 Å². The van der Waals surface area contributed by atoms with Crippen molar-refractivity contribution < 1.29 is 4.74 Å². The van der Waals surface area contributed by atoms with Gasteiger partial charge in [0, 0.05) is 18.0 Å². The lowest BCUT2D eigenvalue weighted by Gasteiger charge is -2.06. The first-order valence-corrected chi connectivity index (χ1v) is 8.89. The molecule has 3 heteroatoms. The van der Waals surface area contributed by atoms with E-state index < -0.39 is 8.07 Å². The monoisotopic (exact) mass is 219 g/mol. The van der Waals surface area contributed by atoms with Crippen LogP contribution in [0.5, 0.6) is 0 Å². The van der Waals surface area contributed by atoms with Crippen LogP contribution in [0.4, 0.5) is 0 Å². The quantitative estimate of drug-likeness (QED) is 0.577. The Balaban J connectivity index is 1.95. The number of ether oxygens (including phenoxy) is 1.